The van der Waals surface area contributed by atoms with Gasteiger partial charge in [0.2, 0.25) is 0 Å². The van der Waals surface area contributed by atoms with Crippen molar-refractivity contribution in [3.63, 3.8) is 0 Å². The second-order valence-electron chi connectivity index (χ2n) is 4.40. The number of aromatic nitrogens is 2. The van der Waals surface area contributed by atoms with Gasteiger partial charge in [-0.25, -0.2) is 4.98 Å². The van der Waals surface area contributed by atoms with Crippen molar-refractivity contribution in [2.75, 3.05) is 5.73 Å². The maximum Gasteiger partial charge on any atom is 0.443 e. The molecule has 0 bridgehead atoms. The average molecular weight is 297 g/mol. The zero-order valence-corrected chi connectivity index (χ0v) is 11.0. The molecule has 104 valence electrons. The van der Waals surface area contributed by atoms with Gasteiger partial charge in [0.25, 0.3) is 0 Å². The van der Waals surface area contributed by atoms with E-state index in [9.17, 15) is 13.2 Å². The molecule has 0 saturated heterocycles. The highest BCUT2D eigenvalue weighted by Crippen LogP contribution is 2.32. The molecule has 0 saturated carbocycles. The summed E-state index contributed by atoms with van der Waals surface area (Å²) in [5.41, 5.74) is 7.66. The molecule has 0 spiro atoms. The highest BCUT2D eigenvalue weighted by Gasteiger charge is 2.34. The first kappa shape index (κ1) is 13.0. The van der Waals surface area contributed by atoms with E-state index in [1.807, 2.05) is 29.0 Å². The molecule has 3 aromatic rings. The van der Waals surface area contributed by atoms with E-state index in [1.54, 1.807) is 6.07 Å². The van der Waals surface area contributed by atoms with E-state index in [2.05, 4.69) is 4.98 Å². The van der Waals surface area contributed by atoms with E-state index in [0.717, 1.165) is 10.9 Å². The van der Waals surface area contributed by atoms with Crippen LogP contribution in [0.5, 0.6) is 0 Å². The summed E-state index contributed by atoms with van der Waals surface area (Å²) < 4.78 is 39.4. The summed E-state index contributed by atoms with van der Waals surface area (Å²) in [5, 5.41) is 1.58. The van der Waals surface area contributed by atoms with Gasteiger partial charge in [0.15, 0.2) is 5.01 Å². The van der Waals surface area contributed by atoms with Crippen molar-refractivity contribution in [2.24, 2.45) is 0 Å². The molecule has 20 heavy (non-hydrogen) atoms. The summed E-state index contributed by atoms with van der Waals surface area (Å²) in [6, 6.07) is 7.32. The number of rotatable bonds is 2. The molecule has 1 aromatic carbocycles. The number of hydrogen-bond donors (Lipinski definition) is 1. The predicted octanol–water partition coefficient (Wildman–Crippen LogP) is 3.75. The van der Waals surface area contributed by atoms with Crippen LogP contribution in [-0.4, -0.2) is 9.55 Å². The van der Waals surface area contributed by atoms with Crippen molar-refractivity contribution in [1.82, 2.24) is 9.55 Å². The number of thiazole rings is 1. The minimum atomic E-state index is -4.38. The summed E-state index contributed by atoms with van der Waals surface area (Å²) in [6.45, 7) is 0.306. The van der Waals surface area contributed by atoms with Crippen molar-refractivity contribution >= 4 is 27.9 Å². The molecule has 2 heterocycles. The fourth-order valence-electron chi connectivity index (χ4n) is 2.04. The van der Waals surface area contributed by atoms with Crippen LogP contribution in [0, 0.1) is 0 Å². The van der Waals surface area contributed by atoms with E-state index in [-0.39, 0.29) is 0 Å². The molecule has 2 N–H and O–H groups in total. The maximum absolute atomic E-state index is 12.5. The van der Waals surface area contributed by atoms with Crippen LogP contribution >= 0.6 is 11.3 Å². The number of nitrogens with zero attached hydrogens (tertiary/aromatic N) is 2. The van der Waals surface area contributed by atoms with Crippen molar-refractivity contribution in [2.45, 2.75) is 12.7 Å². The Morgan fingerprint density at radius 1 is 1.25 bits per heavy atom. The Balaban J connectivity index is 1.91. The fourth-order valence-corrected chi connectivity index (χ4v) is 2.72. The molecular formula is C13H10F3N3S. The van der Waals surface area contributed by atoms with Crippen molar-refractivity contribution in [3.05, 3.63) is 46.5 Å². The van der Waals surface area contributed by atoms with Gasteiger partial charge in [-0.05, 0) is 24.3 Å². The third-order valence-electron chi connectivity index (χ3n) is 2.92. The zero-order valence-electron chi connectivity index (χ0n) is 10.2. The minimum Gasteiger partial charge on any atom is -0.399 e. The molecule has 7 heteroatoms. The summed E-state index contributed by atoms with van der Waals surface area (Å²) in [5.74, 6) is 0. The molecule has 0 unspecified atom stereocenters. The number of anilines is 1. The molecule has 0 fully saturated rings. The van der Waals surface area contributed by atoms with Crippen LogP contribution in [-0.2, 0) is 12.7 Å². The number of benzene rings is 1. The highest BCUT2D eigenvalue weighted by atomic mass is 32.1. The normalized spacial score (nSPS) is 12.2. The SMILES string of the molecule is Nc1ccc2c(ccn2Cc2csc(C(F)(F)F)n2)c1. The number of fused-ring (bicyclic) bond motifs is 1. The number of alkyl halides is 3. The molecular weight excluding hydrogens is 287 g/mol. The molecule has 0 amide bonds. The van der Waals surface area contributed by atoms with Crippen molar-refractivity contribution < 1.29 is 13.2 Å². The van der Waals surface area contributed by atoms with Gasteiger partial charge in [-0.2, -0.15) is 13.2 Å². The summed E-state index contributed by atoms with van der Waals surface area (Å²) in [7, 11) is 0. The van der Waals surface area contributed by atoms with E-state index in [0.29, 0.717) is 29.3 Å². The Morgan fingerprint density at radius 2 is 2.05 bits per heavy atom. The summed E-state index contributed by atoms with van der Waals surface area (Å²) in [6.07, 6.45) is -2.56. The lowest BCUT2D eigenvalue weighted by molar-refractivity contribution is -0.137. The minimum absolute atomic E-state index is 0.306. The number of nitrogen functional groups attached to an aromatic ring is 1. The van der Waals surface area contributed by atoms with Gasteiger partial charge in [-0.1, -0.05) is 0 Å². The first-order valence-corrected chi connectivity index (χ1v) is 6.67. The van der Waals surface area contributed by atoms with Crippen molar-refractivity contribution in [3.8, 4) is 0 Å². The van der Waals surface area contributed by atoms with Gasteiger partial charge in [0.1, 0.15) is 0 Å². The molecule has 0 radical (unpaired) electrons. The van der Waals surface area contributed by atoms with E-state index in [1.165, 1.54) is 5.38 Å². The third-order valence-corrected chi connectivity index (χ3v) is 3.86. The predicted molar refractivity (Wildman–Crippen MR) is 72.6 cm³/mol. The van der Waals surface area contributed by atoms with Gasteiger partial charge >= 0.3 is 6.18 Å². The number of hydrogen-bond acceptors (Lipinski definition) is 3. The van der Waals surface area contributed by atoms with E-state index >= 15 is 0 Å². The molecule has 0 atom stereocenters. The Labute approximate surface area is 116 Å². The largest absolute Gasteiger partial charge is 0.443 e. The summed E-state index contributed by atoms with van der Waals surface area (Å²) in [4.78, 5) is 3.63. The second-order valence-corrected chi connectivity index (χ2v) is 5.26. The van der Waals surface area contributed by atoms with Gasteiger partial charge in [0, 0.05) is 28.2 Å². The fraction of sp³-hybridized carbons (Fsp3) is 0.154. The summed E-state index contributed by atoms with van der Waals surface area (Å²) >= 11 is 0.617. The monoisotopic (exact) mass is 297 g/mol. The average Bonchev–Trinajstić information content (AvgIpc) is 2.96. The van der Waals surface area contributed by atoms with Crippen LogP contribution in [0.25, 0.3) is 10.9 Å². The smallest absolute Gasteiger partial charge is 0.399 e. The Kier molecular flexibility index (Phi) is 2.93. The molecule has 0 aliphatic rings. The lowest BCUT2D eigenvalue weighted by Gasteiger charge is -2.04. The maximum atomic E-state index is 12.5. The Morgan fingerprint density at radius 3 is 2.75 bits per heavy atom. The van der Waals surface area contributed by atoms with Crippen molar-refractivity contribution in [1.29, 1.82) is 0 Å². The van der Waals surface area contributed by atoms with Crippen LogP contribution < -0.4 is 5.73 Å². The first-order chi connectivity index (χ1) is 9.43. The first-order valence-electron chi connectivity index (χ1n) is 5.79. The molecule has 0 aliphatic carbocycles. The number of nitrogens with two attached hydrogens (primary N) is 1. The molecule has 3 nitrogen and oxygen atoms in total. The van der Waals surface area contributed by atoms with Gasteiger partial charge < -0.3 is 10.3 Å². The van der Waals surface area contributed by atoms with Gasteiger partial charge in [-0.15, -0.1) is 11.3 Å². The Bertz CT molecular complexity index is 758. The van der Waals surface area contributed by atoms with E-state index in [4.69, 9.17) is 5.73 Å². The third kappa shape index (κ3) is 2.36. The standard InChI is InChI=1S/C13H10F3N3S/c14-13(15,16)12-18-10(7-20-12)6-19-4-3-8-5-9(17)1-2-11(8)19/h1-5,7H,6,17H2. The zero-order chi connectivity index (χ0) is 14.3. The lowest BCUT2D eigenvalue weighted by atomic mass is 10.2. The highest BCUT2D eigenvalue weighted by molar-refractivity contribution is 7.09. The van der Waals surface area contributed by atoms with Crippen LogP contribution in [0.3, 0.4) is 0 Å². The van der Waals surface area contributed by atoms with Crippen LogP contribution in [0.1, 0.15) is 10.7 Å². The van der Waals surface area contributed by atoms with Crippen LogP contribution in [0.2, 0.25) is 0 Å². The topological polar surface area (TPSA) is 43.8 Å². The molecule has 0 aliphatic heterocycles. The lowest BCUT2D eigenvalue weighted by Crippen LogP contribution is -2.05. The quantitative estimate of drug-likeness (QED) is 0.732. The van der Waals surface area contributed by atoms with Gasteiger partial charge in [-0.3, -0.25) is 0 Å². The van der Waals surface area contributed by atoms with E-state index < -0.39 is 11.2 Å². The second kappa shape index (κ2) is 4.52. The van der Waals surface area contributed by atoms with Crippen LogP contribution in [0.4, 0.5) is 18.9 Å². The molecule has 2 aromatic heterocycles. The van der Waals surface area contributed by atoms with Crippen LogP contribution in [0.15, 0.2) is 35.8 Å². The number of halogens is 3. The van der Waals surface area contributed by atoms with Gasteiger partial charge in [0.05, 0.1) is 12.2 Å². The molecule has 3 rings (SSSR count). The Hall–Kier alpha value is -2.02.